The maximum Gasteiger partial charge on any atom is 0.323 e. The normalized spacial score (nSPS) is 22.5. The van der Waals surface area contributed by atoms with Crippen molar-refractivity contribution in [2.45, 2.75) is 25.2 Å². The van der Waals surface area contributed by atoms with E-state index in [0.29, 0.717) is 31.2 Å². The largest absolute Gasteiger partial charge is 0.447 e. The molecule has 8 nitrogen and oxygen atoms in total. The van der Waals surface area contributed by atoms with Crippen LogP contribution in [0.15, 0.2) is 36.5 Å². The van der Waals surface area contributed by atoms with Gasteiger partial charge in [0, 0.05) is 38.1 Å². The van der Waals surface area contributed by atoms with Crippen LogP contribution >= 0.6 is 0 Å². The van der Waals surface area contributed by atoms with E-state index in [1.54, 1.807) is 11.1 Å². The zero-order chi connectivity index (χ0) is 18.3. The number of carbonyl (C=O) groups is 1. The van der Waals surface area contributed by atoms with Crippen LogP contribution in [-0.4, -0.2) is 52.8 Å². The topological polar surface area (TPSA) is 77.9 Å². The molecule has 27 heavy (non-hydrogen) atoms. The van der Waals surface area contributed by atoms with Gasteiger partial charge in [0.05, 0.1) is 19.3 Å². The minimum Gasteiger partial charge on any atom is -0.447 e. The molecule has 0 radical (unpaired) electrons. The third-order valence-corrected chi connectivity index (χ3v) is 5.33. The van der Waals surface area contributed by atoms with Crippen LogP contribution in [0.1, 0.15) is 12.8 Å². The van der Waals surface area contributed by atoms with Gasteiger partial charge in [-0.05, 0) is 18.6 Å². The first-order chi connectivity index (χ1) is 13.2. The highest BCUT2D eigenvalue weighted by molar-refractivity contribution is 5.88. The van der Waals surface area contributed by atoms with Crippen molar-refractivity contribution < 1.29 is 19.0 Å². The molecule has 0 saturated carbocycles. The van der Waals surface area contributed by atoms with E-state index in [1.807, 2.05) is 35.0 Å². The van der Waals surface area contributed by atoms with Gasteiger partial charge in [-0.2, -0.15) is 5.10 Å². The summed E-state index contributed by atoms with van der Waals surface area (Å²) in [5.74, 6) is 1.83. The fraction of sp³-hybridized carbons (Fsp3) is 0.474. The molecule has 3 aliphatic rings. The number of hydrogen-bond acceptors (Lipinski definition) is 5. The van der Waals surface area contributed by atoms with Crippen LogP contribution in [0.2, 0.25) is 0 Å². The second-order valence-corrected chi connectivity index (χ2v) is 7.29. The van der Waals surface area contributed by atoms with Crippen molar-refractivity contribution in [3.8, 4) is 11.5 Å². The summed E-state index contributed by atoms with van der Waals surface area (Å²) < 4.78 is 19.3. The zero-order valence-corrected chi connectivity index (χ0v) is 15.0. The lowest BCUT2D eigenvalue weighted by molar-refractivity contribution is -0.0647. The van der Waals surface area contributed by atoms with Crippen molar-refractivity contribution in [2.24, 2.45) is 5.92 Å². The number of fused-ring (bicyclic) bond motifs is 1. The van der Waals surface area contributed by atoms with Gasteiger partial charge in [-0.25, -0.2) is 9.48 Å². The highest BCUT2D eigenvalue weighted by atomic mass is 16.7. The first kappa shape index (κ1) is 16.4. The molecule has 0 bridgehead atoms. The Bertz CT molecular complexity index is 821. The first-order valence-electron chi connectivity index (χ1n) is 9.33. The lowest BCUT2D eigenvalue weighted by atomic mass is 10.1. The number of likely N-dealkylation sites (tertiary alicyclic amines) is 1. The van der Waals surface area contributed by atoms with Gasteiger partial charge in [0.2, 0.25) is 0 Å². The fourth-order valence-corrected chi connectivity index (χ4v) is 3.88. The molecule has 142 valence electrons. The molecule has 0 aliphatic carbocycles. The maximum atomic E-state index is 12.8. The third kappa shape index (κ3) is 3.10. The quantitative estimate of drug-likeness (QED) is 0.897. The molecule has 8 heteroatoms. The molecule has 1 aromatic carbocycles. The number of hydrogen-bond donors (Lipinski definition) is 1. The van der Waals surface area contributed by atoms with Crippen molar-refractivity contribution in [1.29, 1.82) is 0 Å². The number of nitrogens with one attached hydrogen (secondary N) is 1. The van der Waals surface area contributed by atoms with Crippen LogP contribution in [0, 0.1) is 5.92 Å². The van der Waals surface area contributed by atoms with E-state index in [9.17, 15) is 4.79 Å². The Hall–Kier alpha value is -2.74. The molecule has 3 aliphatic heterocycles. The van der Waals surface area contributed by atoms with Crippen molar-refractivity contribution in [3.05, 3.63) is 36.5 Å². The molecule has 2 fully saturated rings. The average molecular weight is 370 g/mol. The number of aromatic nitrogens is 2. The van der Waals surface area contributed by atoms with Crippen LogP contribution in [0.5, 0.6) is 11.5 Å². The molecule has 1 unspecified atom stereocenters. The molecule has 1 spiro atoms. The summed E-state index contributed by atoms with van der Waals surface area (Å²) in [6.07, 6.45) is 3.36. The summed E-state index contributed by atoms with van der Waals surface area (Å²) in [5, 5.41) is 7.31. The molecule has 1 atom stereocenters. The van der Waals surface area contributed by atoms with Gasteiger partial charge in [0.1, 0.15) is 5.82 Å². The van der Waals surface area contributed by atoms with E-state index >= 15 is 0 Å². The molecule has 1 N–H and O–H groups in total. The summed E-state index contributed by atoms with van der Waals surface area (Å²) in [4.78, 5) is 14.5. The standard InChI is InChI=1S/C19H22N4O4/c24-18(21-17-5-8-20-23(17)11-14-6-10-25-12-14)22-9-7-19(13-22)26-15-3-1-2-4-16(15)27-19/h1-5,8,14H,6-7,9-13H2,(H,21,24). The van der Waals surface area contributed by atoms with Gasteiger partial charge in [-0.1, -0.05) is 12.1 Å². The number of ether oxygens (including phenoxy) is 3. The minimum absolute atomic E-state index is 0.167. The Morgan fingerprint density at radius 2 is 2.07 bits per heavy atom. The van der Waals surface area contributed by atoms with Crippen LogP contribution in [-0.2, 0) is 11.3 Å². The molecule has 2 saturated heterocycles. The van der Waals surface area contributed by atoms with Crippen molar-refractivity contribution >= 4 is 11.8 Å². The summed E-state index contributed by atoms with van der Waals surface area (Å²) >= 11 is 0. The second-order valence-electron chi connectivity index (χ2n) is 7.29. The van der Waals surface area contributed by atoms with E-state index in [4.69, 9.17) is 14.2 Å². The average Bonchev–Trinajstić information content (AvgIpc) is 3.44. The molecule has 2 amide bonds. The second kappa shape index (κ2) is 6.45. The maximum absolute atomic E-state index is 12.8. The monoisotopic (exact) mass is 370 g/mol. The van der Waals surface area contributed by atoms with E-state index in [-0.39, 0.29) is 6.03 Å². The molecular formula is C19H22N4O4. The lowest BCUT2D eigenvalue weighted by Crippen LogP contribution is -2.43. The summed E-state index contributed by atoms with van der Waals surface area (Å²) in [6, 6.07) is 9.25. The first-order valence-corrected chi connectivity index (χ1v) is 9.33. The van der Waals surface area contributed by atoms with E-state index in [1.165, 1.54) is 0 Å². The van der Waals surface area contributed by atoms with Crippen LogP contribution < -0.4 is 14.8 Å². The Labute approximate surface area is 157 Å². The summed E-state index contributed by atoms with van der Waals surface area (Å²) in [6.45, 7) is 3.25. The van der Waals surface area contributed by atoms with Crippen LogP contribution in [0.4, 0.5) is 10.6 Å². The summed E-state index contributed by atoms with van der Waals surface area (Å²) in [5.41, 5.74) is 0. The number of rotatable bonds is 3. The molecule has 1 aromatic heterocycles. The zero-order valence-electron chi connectivity index (χ0n) is 15.0. The number of anilines is 1. The Morgan fingerprint density at radius 3 is 2.81 bits per heavy atom. The van der Waals surface area contributed by atoms with Gasteiger partial charge >= 0.3 is 6.03 Å². The molecule has 4 heterocycles. The molecular weight excluding hydrogens is 348 g/mol. The Morgan fingerprint density at radius 1 is 1.26 bits per heavy atom. The summed E-state index contributed by atoms with van der Waals surface area (Å²) in [7, 11) is 0. The van der Waals surface area contributed by atoms with Gasteiger partial charge in [0.25, 0.3) is 5.79 Å². The van der Waals surface area contributed by atoms with Gasteiger partial charge in [-0.15, -0.1) is 0 Å². The van der Waals surface area contributed by atoms with Crippen molar-refractivity contribution in [3.63, 3.8) is 0 Å². The van der Waals surface area contributed by atoms with Crippen molar-refractivity contribution in [1.82, 2.24) is 14.7 Å². The Balaban J connectivity index is 1.22. The minimum atomic E-state index is -0.775. The predicted molar refractivity (Wildman–Crippen MR) is 96.8 cm³/mol. The van der Waals surface area contributed by atoms with E-state index in [0.717, 1.165) is 37.7 Å². The van der Waals surface area contributed by atoms with Gasteiger partial charge in [0.15, 0.2) is 11.5 Å². The number of urea groups is 1. The fourth-order valence-electron chi connectivity index (χ4n) is 3.88. The van der Waals surface area contributed by atoms with Gasteiger partial charge < -0.3 is 19.1 Å². The van der Waals surface area contributed by atoms with Gasteiger partial charge in [-0.3, -0.25) is 5.32 Å². The number of benzene rings is 1. The SMILES string of the molecule is O=C(Nc1ccnn1CC1CCOC1)N1CCC2(C1)Oc1ccccc1O2. The number of para-hydroxylation sites is 2. The third-order valence-electron chi connectivity index (χ3n) is 5.33. The molecule has 2 aromatic rings. The Kier molecular flexibility index (Phi) is 3.93. The number of carbonyl (C=O) groups excluding carboxylic acids is 1. The van der Waals surface area contributed by atoms with Crippen LogP contribution in [0.3, 0.4) is 0 Å². The molecule has 5 rings (SSSR count). The van der Waals surface area contributed by atoms with Crippen molar-refractivity contribution in [2.75, 3.05) is 31.6 Å². The number of amides is 2. The highest BCUT2D eigenvalue weighted by Gasteiger charge is 2.48. The highest BCUT2D eigenvalue weighted by Crippen LogP contribution is 2.42. The van der Waals surface area contributed by atoms with E-state index in [2.05, 4.69) is 10.4 Å². The smallest absolute Gasteiger partial charge is 0.323 e. The van der Waals surface area contributed by atoms with Crippen LogP contribution in [0.25, 0.3) is 0 Å². The van der Waals surface area contributed by atoms with E-state index < -0.39 is 5.79 Å². The number of nitrogens with zero attached hydrogens (tertiary/aromatic N) is 3. The lowest BCUT2D eigenvalue weighted by Gasteiger charge is -2.23. The predicted octanol–water partition coefficient (Wildman–Crippen LogP) is 2.32.